The van der Waals surface area contributed by atoms with Crippen LogP contribution in [-0.4, -0.2) is 50.8 Å². The summed E-state index contributed by atoms with van der Waals surface area (Å²) in [4.78, 5) is 47.4. The van der Waals surface area contributed by atoms with Crippen LogP contribution in [-0.2, 0) is 40.0 Å². The first-order valence-corrected chi connectivity index (χ1v) is 28.2. The summed E-state index contributed by atoms with van der Waals surface area (Å²) in [6, 6.07) is 37.1. The molecule has 4 aromatic rings. The first kappa shape index (κ1) is 59.2. The monoisotopic (exact) mass is 952 g/mol. The predicted octanol–water partition coefficient (Wildman–Crippen LogP) is 6.94. The zero-order valence-electron chi connectivity index (χ0n) is 36.2. The van der Waals surface area contributed by atoms with Gasteiger partial charge >= 0.3 is 21.7 Å². The fourth-order valence-corrected chi connectivity index (χ4v) is 13.0. The molecule has 0 bridgehead atoms. The van der Waals surface area contributed by atoms with Crippen molar-refractivity contribution in [3.05, 3.63) is 144 Å². The second kappa shape index (κ2) is 31.1. The van der Waals surface area contributed by atoms with Crippen molar-refractivity contribution in [1.29, 1.82) is 0 Å². The van der Waals surface area contributed by atoms with E-state index in [1.807, 2.05) is 121 Å². The van der Waals surface area contributed by atoms with Crippen LogP contribution in [0.2, 0.25) is 0 Å². The minimum atomic E-state index is -3.35. The van der Waals surface area contributed by atoms with Crippen molar-refractivity contribution < 1.29 is 59.6 Å². The SMILES string of the molecule is CCP(=O)([O-])C(CCN)c1ccccc1.CCP(=O)([O-])C(CCN)c1ccccc1.CCP(=O)([O-])C(CCN)c1ccccc1.CCP(=O)([O-])C(CCN)c1ccccc1.[Ti+4]. The Balaban J connectivity index is 0.000000783. The van der Waals surface area contributed by atoms with Crippen molar-refractivity contribution in [2.75, 3.05) is 50.8 Å². The maximum Gasteiger partial charge on any atom is 4.00 e. The Morgan fingerprint density at radius 2 is 0.508 bits per heavy atom. The molecule has 8 N–H and O–H groups in total. The van der Waals surface area contributed by atoms with E-state index in [9.17, 15) is 37.8 Å². The molecular weight excluding hydrogens is 884 g/mol. The zero-order valence-corrected chi connectivity index (χ0v) is 41.3. The molecule has 8 unspecified atom stereocenters. The van der Waals surface area contributed by atoms with Crippen LogP contribution in [0.4, 0.5) is 0 Å². The normalized spacial score (nSPS) is 16.7. The second-order valence-corrected chi connectivity index (χ2v) is 25.0. The minimum Gasteiger partial charge on any atom is -0.799 e. The summed E-state index contributed by atoms with van der Waals surface area (Å²) >= 11 is 0. The van der Waals surface area contributed by atoms with E-state index in [0.29, 0.717) is 51.9 Å². The van der Waals surface area contributed by atoms with E-state index in [4.69, 9.17) is 22.9 Å². The van der Waals surface area contributed by atoms with Crippen molar-refractivity contribution in [3.63, 3.8) is 0 Å². The van der Waals surface area contributed by atoms with Crippen molar-refractivity contribution in [2.24, 2.45) is 22.9 Å². The maximum atomic E-state index is 11.9. The van der Waals surface area contributed by atoms with Gasteiger partial charge in [-0.1, -0.05) is 149 Å². The first-order chi connectivity index (χ1) is 28.5. The minimum absolute atomic E-state index is 0. The van der Waals surface area contributed by atoms with Gasteiger partial charge in [-0.05, 0) is 98.8 Å². The molecule has 12 nitrogen and oxygen atoms in total. The molecule has 0 heterocycles. The summed E-state index contributed by atoms with van der Waals surface area (Å²) in [5.74, 6) is 0. The molecule has 0 saturated carbocycles. The number of benzene rings is 4. The van der Waals surface area contributed by atoms with Crippen LogP contribution in [0.25, 0.3) is 0 Å². The van der Waals surface area contributed by atoms with Gasteiger partial charge in [0.15, 0.2) is 0 Å². The van der Waals surface area contributed by atoms with E-state index in [1.54, 1.807) is 27.7 Å². The summed E-state index contributed by atoms with van der Waals surface area (Å²) in [7, 11) is -13.4. The molecule has 0 spiro atoms. The summed E-state index contributed by atoms with van der Waals surface area (Å²) < 4.78 is 47.4. The fourth-order valence-electron chi connectivity index (χ4n) is 6.58. The van der Waals surface area contributed by atoms with Crippen molar-refractivity contribution >= 4 is 29.5 Å². The van der Waals surface area contributed by atoms with Gasteiger partial charge < -0.3 is 60.8 Å². The Bertz CT molecular complexity index is 1640. The molecule has 0 aliphatic heterocycles. The molecule has 0 fully saturated rings. The number of hydrogen-bond donors (Lipinski definition) is 4. The van der Waals surface area contributed by atoms with Crippen LogP contribution in [0, 0.1) is 0 Å². The Morgan fingerprint density at radius 3 is 0.623 bits per heavy atom. The van der Waals surface area contributed by atoms with E-state index < -0.39 is 52.1 Å². The molecule has 61 heavy (non-hydrogen) atoms. The molecule has 17 heteroatoms. The summed E-state index contributed by atoms with van der Waals surface area (Å²) in [6.07, 6.45) is 2.74. The molecule has 0 amide bonds. The fraction of sp³-hybridized carbons (Fsp3) is 0.455. The van der Waals surface area contributed by atoms with E-state index in [2.05, 4.69) is 0 Å². The predicted molar refractivity (Wildman–Crippen MR) is 244 cm³/mol. The standard InChI is InChI=1S/4C11H18NO2P.Ti/c4*1-2-15(13,14)11(8-9-12)10-6-4-3-5-7-10;/h4*3-7,11H,2,8-9,12H2,1H3,(H,13,14);/q;;;;+4/p-4. The molecule has 0 aliphatic rings. The van der Waals surface area contributed by atoms with Gasteiger partial charge in [0.05, 0.1) is 0 Å². The third-order valence-corrected chi connectivity index (χ3v) is 19.7. The van der Waals surface area contributed by atoms with Gasteiger partial charge in [0.1, 0.15) is 0 Å². The summed E-state index contributed by atoms with van der Waals surface area (Å²) in [5, 5.41) is 0. The largest absolute Gasteiger partial charge is 4.00 e. The van der Waals surface area contributed by atoms with Gasteiger partial charge in [-0.25, -0.2) is 0 Å². The van der Waals surface area contributed by atoms with E-state index in [1.165, 1.54) is 0 Å². The summed E-state index contributed by atoms with van der Waals surface area (Å²) in [6.45, 7) is 8.30. The topological polar surface area (TPSA) is 265 Å². The van der Waals surface area contributed by atoms with E-state index >= 15 is 0 Å². The van der Waals surface area contributed by atoms with Crippen molar-refractivity contribution in [2.45, 2.75) is 76.0 Å². The average Bonchev–Trinajstić information content (AvgIpc) is 3.27. The smallest absolute Gasteiger partial charge is 0.799 e. The third-order valence-electron chi connectivity index (χ3n) is 10.2. The molecular formula is C44H68N4O8P4Ti. The summed E-state index contributed by atoms with van der Waals surface area (Å²) in [5.41, 5.74) is 23.5. The van der Waals surface area contributed by atoms with Crippen molar-refractivity contribution in [1.82, 2.24) is 0 Å². The third kappa shape index (κ3) is 20.7. The molecule has 0 aromatic heterocycles. The van der Waals surface area contributed by atoms with E-state index in [-0.39, 0.29) is 46.4 Å². The number of rotatable bonds is 20. The molecule has 0 radical (unpaired) electrons. The number of nitrogens with two attached hydrogens (primary N) is 4. The zero-order chi connectivity index (χ0) is 45.2. The van der Waals surface area contributed by atoms with Crippen LogP contribution in [0.15, 0.2) is 121 Å². The Morgan fingerprint density at radius 1 is 0.361 bits per heavy atom. The van der Waals surface area contributed by atoms with Crippen LogP contribution < -0.4 is 42.5 Å². The van der Waals surface area contributed by atoms with Crippen LogP contribution in [0.1, 0.15) is 98.3 Å². The molecule has 0 aliphatic carbocycles. The van der Waals surface area contributed by atoms with Crippen molar-refractivity contribution in [3.8, 4) is 0 Å². The molecule has 0 saturated heterocycles. The number of hydrogen-bond acceptors (Lipinski definition) is 12. The van der Waals surface area contributed by atoms with Gasteiger partial charge in [-0.3, -0.25) is 0 Å². The van der Waals surface area contributed by atoms with Crippen LogP contribution >= 0.6 is 29.5 Å². The van der Waals surface area contributed by atoms with Gasteiger partial charge in [-0.2, -0.15) is 0 Å². The molecule has 4 aromatic carbocycles. The average molecular weight is 953 g/mol. The van der Waals surface area contributed by atoms with E-state index in [0.717, 1.165) is 22.3 Å². The Hall–Kier alpha value is -1.81. The quantitative estimate of drug-likeness (QED) is 0.0519. The van der Waals surface area contributed by atoms with Gasteiger partial charge in [0.2, 0.25) is 0 Å². The van der Waals surface area contributed by atoms with Gasteiger partial charge in [0.25, 0.3) is 0 Å². The second-order valence-electron chi connectivity index (χ2n) is 14.2. The molecule has 4 rings (SSSR count). The van der Waals surface area contributed by atoms with Crippen LogP contribution in [0.5, 0.6) is 0 Å². The Kier molecular flexibility index (Phi) is 30.2. The molecule has 8 atom stereocenters. The maximum absolute atomic E-state index is 11.9. The Labute approximate surface area is 380 Å². The van der Waals surface area contributed by atoms with Crippen LogP contribution in [0.3, 0.4) is 0 Å². The van der Waals surface area contributed by atoms with Gasteiger partial charge in [0, 0.05) is 52.1 Å². The molecule has 336 valence electrons. The van der Waals surface area contributed by atoms with Gasteiger partial charge in [-0.15, -0.1) is 0 Å². The first-order valence-electron chi connectivity index (χ1n) is 20.7.